The first-order chi connectivity index (χ1) is 13.6. The first-order valence-corrected chi connectivity index (χ1v) is 10.2. The van der Waals surface area contributed by atoms with E-state index in [9.17, 15) is 13.5 Å². The molecule has 8 heteroatoms. The van der Waals surface area contributed by atoms with Crippen molar-refractivity contribution < 1.29 is 13.5 Å². The zero-order chi connectivity index (χ0) is 19.6. The number of aliphatic hydroxyl groups is 1. The van der Waals surface area contributed by atoms with Crippen LogP contribution in [0.1, 0.15) is 11.7 Å². The van der Waals surface area contributed by atoms with Crippen LogP contribution in [-0.4, -0.2) is 34.7 Å². The number of fused-ring (bicyclic) bond motifs is 1. The fourth-order valence-electron chi connectivity index (χ4n) is 2.87. The van der Waals surface area contributed by atoms with Gasteiger partial charge in [0, 0.05) is 12.7 Å². The fourth-order valence-corrected chi connectivity index (χ4v) is 4.15. The standard InChI is InChI=1S/C20H18N4O3S/c25-18(15-7-3-1-4-8-15)13-21-20-23-22-19-12-11-17(14-24(19)20)28(26,27)16-9-5-2-6-10-16/h1-12,14,18,25H,13H2,(H,21,23)/t18-/m0/s1. The molecule has 28 heavy (non-hydrogen) atoms. The van der Waals surface area contributed by atoms with Gasteiger partial charge in [-0.1, -0.05) is 48.5 Å². The Morgan fingerprint density at radius 2 is 1.57 bits per heavy atom. The Labute approximate surface area is 162 Å². The second-order valence-electron chi connectivity index (χ2n) is 6.24. The average molecular weight is 394 g/mol. The van der Waals surface area contributed by atoms with Crippen LogP contribution in [0.25, 0.3) is 5.65 Å². The predicted octanol–water partition coefficient (Wildman–Crippen LogP) is 2.71. The number of nitrogens with zero attached hydrogens (tertiary/aromatic N) is 3. The van der Waals surface area contributed by atoms with E-state index in [-0.39, 0.29) is 16.3 Å². The molecule has 0 spiro atoms. The molecular weight excluding hydrogens is 376 g/mol. The van der Waals surface area contributed by atoms with E-state index < -0.39 is 15.9 Å². The maximum Gasteiger partial charge on any atom is 0.229 e. The lowest BCUT2D eigenvalue weighted by Crippen LogP contribution is -2.14. The largest absolute Gasteiger partial charge is 0.387 e. The van der Waals surface area contributed by atoms with Gasteiger partial charge >= 0.3 is 0 Å². The normalized spacial score (nSPS) is 12.8. The maximum absolute atomic E-state index is 12.8. The van der Waals surface area contributed by atoms with Crippen molar-refractivity contribution in [2.24, 2.45) is 0 Å². The SMILES string of the molecule is O=S(=O)(c1ccccc1)c1ccc2nnc(NC[C@H](O)c3ccccc3)n2c1. The molecule has 0 unspecified atom stereocenters. The Bertz CT molecular complexity index is 1190. The summed E-state index contributed by atoms with van der Waals surface area (Å²) in [4.78, 5) is 0.356. The first-order valence-electron chi connectivity index (χ1n) is 8.67. The molecule has 7 nitrogen and oxygen atoms in total. The Morgan fingerprint density at radius 3 is 2.29 bits per heavy atom. The number of rotatable bonds is 6. The number of nitrogens with one attached hydrogen (secondary N) is 1. The van der Waals surface area contributed by atoms with Crippen molar-refractivity contribution in [3.63, 3.8) is 0 Å². The zero-order valence-electron chi connectivity index (χ0n) is 14.8. The molecule has 4 aromatic rings. The van der Waals surface area contributed by atoms with Crippen LogP contribution in [0.5, 0.6) is 0 Å². The smallest absolute Gasteiger partial charge is 0.229 e. The summed E-state index contributed by atoms with van der Waals surface area (Å²) in [6.45, 7) is 0.209. The van der Waals surface area contributed by atoms with E-state index in [0.29, 0.717) is 11.6 Å². The third kappa shape index (κ3) is 3.47. The summed E-state index contributed by atoms with van der Waals surface area (Å²) >= 11 is 0. The summed E-state index contributed by atoms with van der Waals surface area (Å²) in [5.74, 6) is 0.357. The number of aliphatic hydroxyl groups excluding tert-OH is 1. The molecule has 2 aromatic carbocycles. The Kier molecular flexibility index (Phi) is 4.81. The Balaban J connectivity index is 1.62. The van der Waals surface area contributed by atoms with Gasteiger partial charge in [-0.3, -0.25) is 4.40 Å². The van der Waals surface area contributed by atoms with Crippen LogP contribution < -0.4 is 5.32 Å². The van der Waals surface area contributed by atoms with E-state index in [2.05, 4.69) is 15.5 Å². The van der Waals surface area contributed by atoms with E-state index in [1.807, 2.05) is 30.3 Å². The molecule has 2 N–H and O–H groups in total. The van der Waals surface area contributed by atoms with Gasteiger partial charge < -0.3 is 10.4 Å². The summed E-state index contributed by atoms with van der Waals surface area (Å²) in [6.07, 6.45) is 0.749. The zero-order valence-corrected chi connectivity index (χ0v) is 15.6. The van der Waals surface area contributed by atoms with Gasteiger partial charge in [-0.15, -0.1) is 10.2 Å². The number of hydrogen-bond acceptors (Lipinski definition) is 6. The summed E-state index contributed by atoms with van der Waals surface area (Å²) in [7, 11) is -3.65. The molecule has 0 aliphatic heterocycles. The molecule has 0 bridgehead atoms. The Hall–Kier alpha value is -3.23. The molecule has 4 rings (SSSR count). The number of aromatic nitrogens is 3. The van der Waals surface area contributed by atoms with Crippen molar-refractivity contribution in [1.82, 2.24) is 14.6 Å². The lowest BCUT2D eigenvalue weighted by Gasteiger charge is -2.12. The lowest BCUT2D eigenvalue weighted by molar-refractivity contribution is 0.191. The summed E-state index contributed by atoms with van der Waals surface area (Å²) in [5, 5.41) is 21.4. The van der Waals surface area contributed by atoms with Crippen LogP contribution in [-0.2, 0) is 9.84 Å². The van der Waals surface area contributed by atoms with Crippen molar-refractivity contribution in [3.8, 4) is 0 Å². The van der Waals surface area contributed by atoms with Gasteiger partial charge in [0.25, 0.3) is 0 Å². The van der Waals surface area contributed by atoms with Crippen LogP contribution in [0, 0.1) is 0 Å². The minimum atomic E-state index is -3.65. The number of pyridine rings is 1. The second-order valence-corrected chi connectivity index (χ2v) is 8.19. The second kappa shape index (κ2) is 7.41. The number of sulfone groups is 1. The summed E-state index contributed by atoms with van der Waals surface area (Å²) in [5.41, 5.74) is 1.28. The van der Waals surface area contributed by atoms with Gasteiger partial charge in [-0.25, -0.2) is 8.42 Å². The molecule has 2 aromatic heterocycles. The monoisotopic (exact) mass is 394 g/mol. The summed E-state index contributed by atoms with van der Waals surface area (Å²) < 4.78 is 27.3. The highest BCUT2D eigenvalue weighted by atomic mass is 32.2. The summed E-state index contributed by atoms with van der Waals surface area (Å²) in [6, 6.07) is 20.6. The van der Waals surface area contributed by atoms with Crippen LogP contribution in [0.3, 0.4) is 0 Å². The number of anilines is 1. The van der Waals surface area contributed by atoms with Crippen LogP contribution >= 0.6 is 0 Å². The van der Waals surface area contributed by atoms with E-state index in [4.69, 9.17) is 0 Å². The molecule has 0 aliphatic carbocycles. The molecule has 0 radical (unpaired) electrons. The van der Waals surface area contributed by atoms with Crippen molar-refractivity contribution in [2.45, 2.75) is 15.9 Å². The molecule has 0 amide bonds. The molecule has 1 atom stereocenters. The maximum atomic E-state index is 12.8. The van der Waals surface area contributed by atoms with Gasteiger partial charge in [0.05, 0.1) is 15.9 Å². The lowest BCUT2D eigenvalue weighted by atomic mass is 10.1. The molecule has 0 saturated heterocycles. The van der Waals surface area contributed by atoms with Crippen LogP contribution in [0.2, 0.25) is 0 Å². The molecule has 0 aliphatic rings. The van der Waals surface area contributed by atoms with Crippen molar-refractivity contribution in [3.05, 3.63) is 84.6 Å². The van der Waals surface area contributed by atoms with Gasteiger partial charge in [-0.2, -0.15) is 0 Å². The van der Waals surface area contributed by atoms with E-state index in [1.54, 1.807) is 40.8 Å². The van der Waals surface area contributed by atoms with E-state index in [1.165, 1.54) is 12.3 Å². The topological polar surface area (TPSA) is 96.6 Å². The molecule has 0 saturated carbocycles. The number of benzene rings is 2. The predicted molar refractivity (Wildman–Crippen MR) is 105 cm³/mol. The van der Waals surface area contributed by atoms with Crippen molar-refractivity contribution in [1.29, 1.82) is 0 Å². The van der Waals surface area contributed by atoms with Gasteiger partial charge in [0.1, 0.15) is 0 Å². The van der Waals surface area contributed by atoms with Crippen molar-refractivity contribution in [2.75, 3.05) is 11.9 Å². The quantitative estimate of drug-likeness (QED) is 0.522. The van der Waals surface area contributed by atoms with Crippen LogP contribution in [0.15, 0.2) is 88.8 Å². The fraction of sp³-hybridized carbons (Fsp3) is 0.100. The van der Waals surface area contributed by atoms with Crippen molar-refractivity contribution >= 4 is 21.4 Å². The molecule has 142 valence electrons. The third-order valence-electron chi connectivity index (χ3n) is 4.38. The van der Waals surface area contributed by atoms with E-state index >= 15 is 0 Å². The van der Waals surface area contributed by atoms with E-state index in [0.717, 1.165) is 5.56 Å². The molecular formula is C20H18N4O3S. The highest BCUT2D eigenvalue weighted by Crippen LogP contribution is 2.22. The highest BCUT2D eigenvalue weighted by molar-refractivity contribution is 7.91. The molecule has 0 fully saturated rings. The third-order valence-corrected chi connectivity index (χ3v) is 6.13. The first kappa shape index (κ1) is 18.1. The van der Waals surface area contributed by atoms with Crippen LogP contribution in [0.4, 0.5) is 5.95 Å². The number of hydrogen-bond donors (Lipinski definition) is 2. The Morgan fingerprint density at radius 1 is 0.893 bits per heavy atom. The van der Waals surface area contributed by atoms with Gasteiger partial charge in [-0.05, 0) is 29.8 Å². The highest BCUT2D eigenvalue weighted by Gasteiger charge is 2.19. The minimum absolute atomic E-state index is 0.137. The van der Waals surface area contributed by atoms with Gasteiger partial charge in [0.2, 0.25) is 15.8 Å². The van der Waals surface area contributed by atoms with Gasteiger partial charge in [0.15, 0.2) is 5.65 Å². The average Bonchev–Trinajstić information content (AvgIpc) is 3.15. The molecule has 2 heterocycles. The minimum Gasteiger partial charge on any atom is -0.387 e.